The average Bonchev–Trinajstić information content (AvgIpc) is 2.96. The third kappa shape index (κ3) is 3.33. The topological polar surface area (TPSA) is 36.6 Å². The summed E-state index contributed by atoms with van der Waals surface area (Å²) in [5.41, 5.74) is 0. The van der Waals surface area contributed by atoms with Crippen molar-refractivity contribution in [3.05, 3.63) is 23.7 Å². The predicted molar refractivity (Wildman–Crippen MR) is 67.6 cm³/mol. The van der Waals surface area contributed by atoms with E-state index >= 15 is 0 Å². The number of rotatable bonds is 6. The summed E-state index contributed by atoms with van der Waals surface area (Å²) in [6.45, 7) is 4.33. The van der Waals surface area contributed by atoms with Crippen molar-refractivity contribution in [3.63, 3.8) is 0 Å². The van der Waals surface area contributed by atoms with Crippen LogP contribution in [0.2, 0.25) is 0 Å². The van der Waals surface area contributed by atoms with E-state index in [4.69, 9.17) is 9.52 Å². The van der Waals surface area contributed by atoms with Crippen LogP contribution in [0.1, 0.15) is 50.5 Å². The summed E-state index contributed by atoms with van der Waals surface area (Å²) in [5, 5.41) is 8.97. The van der Waals surface area contributed by atoms with Crippen molar-refractivity contribution < 1.29 is 9.52 Å². The lowest BCUT2D eigenvalue weighted by Gasteiger charge is -2.23. The van der Waals surface area contributed by atoms with Gasteiger partial charge in [0.25, 0.3) is 0 Å². The molecule has 0 saturated carbocycles. The third-order valence-electron chi connectivity index (χ3n) is 3.62. The molecular weight excluding hydrogens is 214 g/mol. The molecule has 3 heteroatoms. The second-order valence-electron chi connectivity index (χ2n) is 4.93. The molecule has 1 saturated heterocycles. The molecule has 0 amide bonds. The first-order valence-corrected chi connectivity index (χ1v) is 6.76. The highest BCUT2D eigenvalue weighted by Gasteiger charge is 2.24. The van der Waals surface area contributed by atoms with Gasteiger partial charge in [0.05, 0.1) is 6.54 Å². The van der Waals surface area contributed by atoms with E-state index in [0.29, 0.717) is 5.76 Å². The Morgan fingerprint density at radius 1 is 1.41 bits per heavy atom. The largest absolute Gasteiger partial charge is 0.462 e. The zero-order valence-electron chi connectivity index (χ0n) is 10.7. The molecule has 1 N–H and O–H groups in total. The zero-order chi connectivity index (χ0) is 12.1. The summed E-state index contributed by atoms with van der Waals surface area (Å²) < 4.78 is 5.56. The lowest BCUT2D eigenvalue weighted by molar-refractivity contribution is 0.201. The van der Waals surface area contributed by atoms with Crippen molar-refractivity contribution in [2.75, 3.05) is 6.54 Å². The molecule has 3 nitrogen and oxygen atoms in total. The molecular formula is C14H23NO2. The maximum absolute atomic E-state index is 8.97. The smallest absolute Gasteiger partial charge is 0.129 e. The Bertz CT molecular complexity index is 335. The summed E-state index contributed by atoms with van der Waals surface area (Å²) in [6, 6.07) is 4.59. The van der Waals surface area contributed by atoms with E-state index < -0.39 is 0 Å². The van der Waals surface area contributed by atoms with Gasteiger partial charge < -0.3 is 9.52 Å². The average molecular weight is 237 g/mol. The predicted octanol–water partition coefficient (Wildman–Crippen LogP) is 2.93. The van der Waals surface area contributed by atoms with Gasteiger partial charge in [-0.25, -0.2) is 0 Å². The second kappa shape index (κ2) is 6.22. The first-order valence-electron chi connectivity index (χ1n) is 6.76. The van der Waals surface area contributed by atoms with Crippen LogP contribution in [-0.4, -0.2) is 22.6 Å². The number of hydrogen-bond donors (Lipinski definition) is 1. The van der Waals surface area contributed by atoms with E-state index in [1.807, 2.05) is 12.1 Å². The van der Waals surface area contributed by atoms with Gasteiger partial charge in [-0.2, -0.15) is 0 Å². The fraction of sp³-hybridized carbons (Fsp3) is 0.714. The van der Waals surface area contributed by atoms with Crippen LogP contribution in [0.4, 0.5) is 0 Å². The minimum atomic E-state index is -0.000731. The molecule has 0 bridgehead atoms. The lowest BCUT2D eigenvalue weighted by atomic mass is 10.1. The first kappa shape index (κ1) is 12.7. The molecule has 0 radical (unpaired) electrons. The quantitative estimate of drug-likeness (QED) is 0.826. The fourth-order valence-corrected chi connectivity index (χ4v) is 2.66. The fourth-order valence-electron chi connectivity index (χ4n) is 2.66. The van der Waals surface area contributed by atoms with E-state index in [2.05, 4.69) is 11.8 Å². The standard InChI is InChI=1S/C14H23NO2/c1-2-3-5-12-6-4-9-15(12)10-13-7-8-14(11-16)17-13/h7-8,12,16H,2-6,9-11H2,1H3. The number of nitrogens with zero attached hydrogens (tertiary/aromatic N) is 1. The molecule has 96 valence electrons. The molecule has 0 aromatic carbocycles. The van der Waals surface area contributed by atoms with Crippen LogP contribution in [-0.2, 0) is 13.2 Å². The van der Waals surface area contributed by atoms with E-state index in [-0.39, 0.29) is 6.61 Å². The van der Waals surface area contributed by atoms with Crippen molar-refractivity contribution in [3.8, 4) is 0 Å². The van der Waals surface area contributed by atoms with Crippen LogP contribution < -0.4 is 0 Å². The maximum atomic E-state index is 8.97. The Kier molecular flexibility index (Phi) is 4.63. The summed E-state index contributed by atoms with van der Waals surface area (Å²) in [6.07, 6.45) is 6.54. The molecule has 0 aliphatic carbocycles. The first-order chi connectivity index (χ1) is 8.33. The van der Waals surface area contributed by atoms with Crippen LogP contribution in [0.3, 0.4) is 0 Å². The monoisotopic (exact) mass is 237 g/mol. The van der Waals surface area contributed by atoms with Crippen LogP contribution in [0.5, 0.6) is 0 Å². The van der Waals surface area contributed by atoms with Gasteiger partial charge in [-0.1, -0.05) is 19.8 Å². The number of furan rings is 1. The van der Waals surface area contributed by atoms with Crippen molar-refractivity contribution in [1.29, 1.82) is 0 Å². The Morgan fingerprint density at radius 3 is 2.94 bits per heavy atom. The Hall–Kier alpha value is -0.800. The molecule has 1 unspecified atom stereocenters. The van der Waals surface area contributed by atoms with Gasteiger partial charge in [0, 0.05) is 6.04 Å². The summed E-state index contributed by atoms with van der Waals surface area (Å²) >= 11 is 0. The van der Waals surface area contributed by atoms with E-state index in [9.17, 15) is 0 Å². The summed E-state index contributed by atoms with van der Waals surface area (Å²) in [4.78, 5) is 2.52. The summed E-state index contributed by atoms with van der Waals surface area (Å²) in [7, 11) is 0. The number of hydrogen-bond acceptors (Lipinski definition) is 3. The van der Waals surface area contributed by atoms with Gasteiger partial charge in [0.2, 0.25) is 0 Å². The lowest BCUT2D eigenvalue weighted by Crippen LogP contribution is -2.28. The molecule has 1 fully saturated rings. The number of aliphatic hydroxyl groups excluding tert-OH is 1. The molecule has 2 heterocycles. The Labute approximate surface area is 103 Å². The maximum Gasteiger partial charge on any atom is 0.129 e. The van der Waals surface area contributed by atoms with E-state index in [1.54, 1.807) is 0 Å². The van der Waals surface area contributed by atoms with Gasteiger partial charge in [-0.05, 0) is 37.9 Å². The number of aliphatic hydroxyl groups is 1. The molecule has 1 atom stereocenters. The highest BCUT2D eigenvalue weighted by atomic mass is 16.4. The van der Waals surface area contributed by atoms with Gasteiger partial charge >= 0.3 is 0 Å². The van der Waals surface area contributed by atoms with Crippen molar-refractivity contribution in [2.24, 2.45) is 0 Å². The van der Waals surface area contributed by atoms with Crippen molar-refractivity contribution in [1.82, 2.24) is 4.90 Å². The van der Waals surface area contributed by atoms with Gasteiger partial charge in [0.1, 0.15) is 18.1 Å². The minimum absolute atomic E-state index is 0.000731. The second-order valence-corrected chi connectivity index (χ2v) is 4.93. The van der Waals surface area contributed by atoms with Crippen molar-refractivity contribution in [2.45, 2.75) is 58.2 Å². The van der Waals surface area contributed by atoms with E-state index in [0.717, 1.165) is 18.3 Å². The highest BCUT2D eigenvalue weighted by molar-refractivity contribution is 5.06. The number of likely N-dealkylation sites (tertiary alicyclic amines) is 1. The van der Waals surface area contributed by atoms with Crippen LogP contribution in [0, 0.1) is 0 Å². The molecule has 17 heavy (non-hydrogen) atoms. The van der Waals surface area contributed by atoms with Crippen LogP contribution in [0.15, 0.2) is 16.5 Å². The van der Waals surface area contributed by atoms with Gasteiger partial charge in [-0.15, -0.1) is 0 Å². The minimum Gasteiger partial charge on any atom is -0.462 e. The third-order valence-corrected chi connectivity index (χ3v) is 3.62. The molecule has 2 rings (SSSR count). The van der Waals surface area contributed by atoms with E-state index in [1.165, 1.54) is 38.6 Å². The normalized spacial score (nSPS) is 21.2. The number of unbranched alkanes of at least 4 members (excludes halogenated alkanes) is 1. The zero-order valence-corrected chi connectivity index (χ0v) is 10.7. The summed E-state index contributed by atoms with van der Waals surface area (Å²) in [5.74, 6) is 1.65. The van der Waals surface area contributed by atoms with Gasteiger partial charge in [0.15, 0.2) is 0 Å². The molecule has 1 aromatic heterocycles. The Balaban J connectivity index is 1.88. The highest BCUT2D eigenvalue weighted by Crippen LogP contribution is 2.24. The molecule has 1 aromatic rings. The van der Waals surface area contributed by atoms with Crippen LogP contribution >= 0.6 is 0 Å². The van der Waals surface area contributed by atoms with Crippen molar-refractivity contribution >= 4 is 0 Å². The SMILES string of the molecule is CCCCC1CCCN1Cc1ccc(CO)o1. The molecule has 0 spiro atoms. The van der Waals surface area contributed by atoms with Crippen LogP contribution in [0.25, 0.3) is 0 Å². The Morgan fingerprint density at radius 2 is 2.24 bits per heavy atom. The van der Waals surface area contributed by atoms with Gasteiger partial charge in [-0.3, -0.25) is 4.90 Å². The molecule has 1 aliphatic heterocycles. The molecule has 1 aliphatic rings.